The summed E-state index contributed by atoms with van der Waals surface area (Å²) in [5.74, 6) is -0.299. The second-order valence-corrected chi connectivity index (χ2v) is 10.7. The van der Waals surface area contributed by atoms with Crippen LogP contribution in [0.1, 0.15) is 24.0 Å². The van der Waals surface area contributed by atoms with Crippen molar-refractivity contribution >= 4 is 27.3 Å². The number of hydrogen-bond acceptors (Lipinski definition) is 5. The number of amides is 2. The van der Waals surface area contributed by atoms with Crippen molar-refractivity contribution in [3.05, 3.63) is 29.3 Å². The van der Waals surface area contributed by atoms with Crippen LogP contribution in [-0.4, -0.2) is 80.3 Å². The summed E-state index contributed by atoms with van der Waals surface area (Å²) in [6.45, 7) is 7.10. The molecule has 0 N–H and O–H groups in total. The number of nitrogens with zero attached hydrogens (tertiary/aromatic N) is 3. The van der Waals surface area contributed by atoms with Crippen LogP contribution in [-0.2, 0) is 19.4 Å². The largest absolute Gasteiger partial charge is 0.339 e. The Hall–Kier alpha value is -1.93. The maximum absolute atomic E-state index is 13.0. The molecule has 0 spiro atoms. The van der Waals surface area contributed by atoms with Crippen LogP contribution in [0.4, 0.5) is 5.69 Å². The Morgan fingerprint density at radius 3 is 2.34 bits per heavy atom. The molecule has 3 heterocycles. The first-order chi connectivity index (χ1) is 13.7. The smallest absolute Gasteiger partial charge is 0.239 e. The van der Waals surface area contributed by atoms with Gasteiger partial charge in [0.25, 0.3) is 0 Å². The van der Waals surface area contributed by atoms with Gasteiger partial charge in [0.05, 0.1) is 11.5 Å². The summed E-state index contributed by atoms with van der Waals surface area (Å²) in [5.41, 5.74) is 3.18. The van der Waals surface area contributed by atoms with Gasteiger partial charge in [-0.15, -0.1) is 0 Å². The fourth-order valence-corrected chi connectivity index (χ4v) is 6.41. The van der Waals surface area contributed by atoms with E-state index in [4.69, 9.17) is 0 Å². The minimum atomic E-state index is -2.91. The third-order valence-electron chi connectivity index (χ3n) is 6.66. The lowest BCUT2D eigenvalue weighted by Crippen LogP contribution is -2.54. The first kappa shape index (κ1) is 20.3. The molecule has 0 bridgehead atoms. The number of carbonyl (C=O) groups is 2. The number of piperazine rings is 1. The first-order valence-electron chi connectivity index (χ1n) is 10.4. The Labute approximate surface area is 172 Å². The Morgan fingerprint density at radius 2 is 1.72 bits per heavy atom. The SMILES string of the molecule is Cc1ccc(N2CCC(C(=O)N3CCN(C4CCS(=O)(=O)C4)CC3)C2=O)cc1C. The highest BCUT2D eigenvalue weighted by Gasteiger charge is 2.41. The number of aryl methyl sites for hydroxylation is 2. The van der Waals surface area contributed by atoms with Gasteiger partial charge >= 0.3 is 0 Å². The van der Waals surface area contributed by atoms with E-state index < -0.39 is 15.8 Å². The standard InChI is InChI=1S/C21H29N3O4S/c1-15-3-4-17(13-16(15)2)24-7-5-19(21(24)26)20(25)23-10-8-22(9-11-23)18-6-12-29(27,28)14-18/h3-4,13,18-19H,5-12,14H2,1-2H3. The third-order valence-corrected chi connectivity index (χ3v) is 8.41. The summed E-state index contributed by atoms with van der Waals surface area (Å²) in [4.78, 5) is 31.6. The highest BCUT2D eigenvalue weighted by molar-refractivity contribution is 7.91. The van der Waals surface area contributed by atoms with Crippen molar-refractivity contribution in [2.45, 2.75) is 32.7 Å². The number of sulfone groups is 1. The van der Waals surface area contributed by atoms with E-state index in [2.05, 4.69) is 4.90 Å². The molecule has 4 rings (SSSR count). The van der Waals surface area contributed by atoms with Gasteiger partial charge in [0, 0.05) is 44.5 Å². The average molecular weight is 420 g/mol. The van der Waals surface area contributed by atoms with E-state index in [0.717, 1.165) is 11.3 Å². The van der Waals surface area contributed by atoms with Crippen molar-refractivity contribution in [1.82, 2.24) is 9.80 Å². The predicted octanol–water partition coefficient (Wildman–Crippen LogP) is 0.988. The van der Waals surface area contributed by atoms with Crippen molar-refractivity contribution in [2.24, 2.45) is 5.92 Å². The fraction of sp³-hybridized carbons (Fsp3) is 0.619. The van der Waals surface area contributed by atoms with Crippen LogP contribution < -0.4 is 4.90 Å². The molecule has 2 atom stereocenters. The molecule has 2 unspecified atom stereocenters. The molecule has 0 radical (unpaired) electrons. The second-order valence-electron chi connectivity index (χ2n) is 8.52. The van der Waals surface area contributed by atoms with Gasteiger partial charge in [0.2, 0.25) is 11.8 Å². The van der Waals surface area contributed by atoms with Gasteiger partial charge in [-0.2, -0.15) is 0 Å². The molecule has 0 aliphatic carbocycles. The van der Waals surface area contributed by atoms with E-state index in [-0.39, 0.29) is 29.4 Å². The van der Waals surface area contributed by atoms with Gasteiger partial charge in [-0.05, 0) is 49.9 Å². The van der Waals surface area contributed by atoms with E-state index >= 15 is 0 Å². The Bertz CT molecular complexity index is 922. The molecule has 3 fully saturated rings. The highest BCUT2D eigenvalue weighted by atomic mass is 32.2. The molecular formula is C21H29N3O4S. The monoisotopic (exact) mass is 419 g/mol. The van der Waals surface area contributed by atoms with Crippen molar-refractivity contribution < 1.29 is 18.0 Å². The minimum Gasteiger partial charge on any atom is -0.339 e. The lowest BCUT2D eigenvalue weighted by molar-refractivity contribution is -0.141. The van der Waals surface area contributed by atoms with Gasteiger partial charge in [-0.25, -0.2) is 8.42 Å². The number of rotatable bonds is 3. The number of anilines is 1. The van der Waals surface area contributed by atoms with E-state index in [1.54, 1.807) is 9.80 Å². The van der Waals surface area contributed by atoms with Crippen molar-refractivity contribution in [2.75, 3.05) is 49.1 Å². The molecule has 1 aromatic carbocycles. The minimum absolute atomic E-state index is 0.0747. The third kappa shape index (κ3) is 4.05. The second kappa shape index (κ2) is 7.72. The summed E-state index contributed by atoms with van der Waals surface area (Å²) in [7, 11) is -2.91. The molecule has 3 aliphatic rings. The maximum atomic E-state index is 13.0. The van der Waals surface area contributed by atoms with Crippen molar-refractivity contribution in [3.8, 4) is 0 Å². The quantitative estimate of drug-likeness (QED) is 0.683. The number of benzene rings is 1. The molecule has 2 amide bonds. The van der Waals surface area contributed by atoms with Gasteiger partial charge < -0.3 is 9.80 Å². The van der Waals surface area contributed by atoms with E-state index in [1.165, 1.54) is 5.56 Å². The topological polar surface area (TPSA) is 78.0 Å². The number of carbonyl (C=O) groups excluding carboxylic acids is 2. The summed E-state index contributed by atoms with van der Waals surface area (Å²) in [5, 5.41) is 0. The zero-order chi connectivity index (χ0) is 20.8. The van der Waals surface area contributed by atoms with Crippen LogP contribution in [0.2, 0.25) is 0 Å². The molecule has 1 aromatic rings. The predicted molar refractivity (Wildman–Crippen MR) is 112 cm³/mol. The zero-order valence-electron chi connectivity index (χ0n) is 17.1. The molecule has 29 heavy (non-hydrogen) atoms. The van der Waals surface area contributed by atoms with Crippen LogP contribution in [0.25, 0.3) is 0 Å². The van der Waals surface area contributed by atoms with Crippen molar-refractivity contribution in [3.63, 3.8) is 0 Å². The van der Waals surface area contributed by atoms with E-state index in [9.17, 15) is 18.0 Å². The lowest BCUT2D eigenvalue weighted by atomic mass is 10.1. The maximum Gasteiger partial charge on any atom is 0.239 e. The summed E-state index contributed by atoms with van der Waals surface area (Å²) in [6, 6.07) is 6.04. The fourth-order valence-electron chi connectivity index (χ4n) is 4.65. The summed E-state index contributed by atoms with van der Waals surface area (Å²) >= 11 is 0. The normalized spacial score (nSPS) is 27.6. The van der Waals surface area contributed by atoms with Crippen LogP contribution in [0, 0.1) is 19.8 Å². The Morgan fingerprint density at radius 1 is 1.00 bits per heavy atom. The Kier molecular flexibility index (Phi) is 5.42. The van der Waals surface area contributed by atoms with Crippen LogP contribution in [0.3, 0.4) is 0 Å². The zero-order valence-corrected chi connectivity index (χ0v) is 18.0. The van der Waals surface area contributed by atoms with Gasteiger partial charge in [0.1, 0.15) is 5.92 Å². The van der Waals surface area contributed by atoms with Crippen LogP contribution in [0.5, 0.6) is 0 Å². The molecule has 7 nitrogen and oxygen atoms in total. The summed E-state index contributed by atoms with van der Waals surface area (Å²) in [6.07, 6.45) is 1.23. The first-order valence-corrected chi connectivity index (χ1v) is 12.2. The molecule has 3 saturated heterocycles. The van der Waals surface area contributed by atoms with Gasteiger partial charge in [-0.3, -0.25) is 14.5 Å². The van der Waals surface area contributed by atoms with Gasteiger partial charge in [0.15, 0.2) is 9.84 Å². The summed E-state index contributed by atoms with van der Waals surface area (Å²) < 4.78 is 23.4. The average Bonchev–Trinajstić information content (AvgIpc) is 3.26. The van der Waals surface area contributed by atoms with E-state index in [0.29, 0.717) is 45.6 Å². The Balaban J connectivity index is 1.36. The molecule has 3 aliphatic heterocycles. The van der Waals surface area contributed by atoms with E-state index in [1.807, 2.05) is 32.0 Å². The number of hydrogen-bond donors (Lipinski definition) is 0. The van der Waals surface area contributed by atoms with Crippen molar-refractivity contribution in [1.29, 1.82) is 0 Å². The highest BCUT2D eigenvalue weighted by Crippen LogP contribution is 2.28. The molecule has 0 aromatic heterocycles. The van der Waals surface area contributed by atoms with Crippen LogP contribution in [0.15, 0.2) is 18.2 Å². The molecule has 158 valence electrons. The molecule has 8 heteroatoms. The molecular weight excluding hydrogens is 390 g/mol. The molecule has 0 saturated carbocycles. The van der Waals surface area contributed by atoms with Gasteiger partial charge in [-0.1, -0.05) is 6.07 Å². The lowest BCUT2D eigenvalue weighted by Gasteiger charge is -2.38. The van der Waals surface area contributed by atoms with Crippen LogP contribution >= 0.6 is 0 Å².